The van der Waals surface area contributed by atoms with E-state index in [2.05, 4.69) is 4.98 Å². The van der Waals surface area contributed by atoms with Crippen LogP contribution in [-0.2, 0) is 0 Å². The number of carbonyl (C=O) groups excluding carboxylic acids is 1. The summed E-state index contributed by atoms with van der Waals surface area (Å²) in [6, 6.07) is 16.9. The second-order valence-electron chi connectivity index (χ2n) is 4.55. The van der Waals surface area contributed by atoms with E-state index in [0.717, 1.165) is 10.9 Å². The van der Waals surface area contributed by atoms with Gasteiger partial charge in [0.25, 0.3) is 0 Å². The van der Waals surface area contributed by atoms with Gasteiger partial charge in [0, 0.05) is 10.9 Å². The molecule has 0 aliphatic carbocycles. The number of benzene rings is 2. The van der Waals surface area contributed by atoms with Crippen LogP contribution in [0.25, 0.3) is 10.9 Å². The molecule has 20 heavy (non-hydrogen) atoms. The van der Waals surface area contributed by atoms with Crippen molar-refractivity contribution in [3.05, 3.63) is 66.4 Å². The SMILES string of the molecule is CC(=O)c1ccc(Oc2cnc3ccccc3c2)cc1. The van der Waals surface area contributed by atoms with Crippen LogP contribution in [-0.4, -0.2) is 10.8 Å². The van der Waals surface area contributed by atoms with Crippen LogP contribution in [0.3, 0.4) is 0 Å². The molecule has 0 fully saturated rings. The Bertz CT molecular complexity index is 763. The Labute approximate surface area is 116 Å². The van der Waals surface area contributed by atoms with Crippen LogP contribution >= 0.6 is 0 Å². The number of pyridine rings is 1. The van der Waals surface area contributed by atoms with Gasteiger partial charge >= 0.3 is 0 Å². The Kier molecular flexibility index (Phi) is 3.17. The lowest BCUT2D eigenvalue weighted by Crippen LogP contribution is -1.91. The molecule has 0 unspecified atom stereocenters. The third-order valence-corrected chi connectivity index (χ3v) is 3.06. The second kappa shape index (κ2) is 5.13. The van der Waals surface area contributed by atoms with Gasteiger partial charge in [-0.1, -0.05) is 18.2 Å². The molecule has 98 valence electrons. The number of hydrogen-bond donors (Lipinski definition) is 0. The standard InChI is InChI=1S/C17H13NO2/c1-12(19)13-6-8-15(9-7-13)20-16-10-14-4-2-3-5-17(14)18-11-16/h2-11H,1H3. The van der Waals surface area contributed by atoms with Gasteiger partial charge in [-0.2, -0.15) is 0 Å². The van der Waals surface area contributed by atoms with Crippen LogP contribution in [0.15, 0.2) is 60.8 Å². The molecule has 1 aromatic heterocycles. The molecule has 0 atom stereocenters. The molecule has 0 N–H and O–H groups in total. The van der Waals surface area contributed by atoms with Gasteiger partial charge in [-0.3, -0.25) is 9.78 Å². The van der Waals surface area contributed by atoms with Gasteiger partial charge in [-0.05, 0) is 43.3 Å². The average Bonchev–Trinajstić information content (AvgIpc) is 2.48. The van der Waals surface area contributed by atoms with E-state index in [-0.39, 0.29) is 5.78 Å². The molecule has 0 saturated carbocycles. The quantitative estimate of drug-likeness (QED) is 0.664. The number of hydrogen-bond acceptors (Lipinski definition) is 3. The summed E-state index contributed by atoms with van der Waals surface area (Å²) < 4.78 is 5.75. The minimum Gasteiger partial charge on any atom is -0.456 e. The molecule has 0 radical (unpaired) electrons. The van der Waals surface area contributed by atoms with Gasteiger partial charge in [0.05, 0.1) is 11.7 Å². The molecule has 3 rings (SSSR count). The van der Waals surface area contributed by atoms with Crippen LogP contribution in [0.5, 0.6) is 11.5 Å². The number of Topliss-reactive ketones (excluding diaryl/α,β-unsaturated/α-hetero) is 1. The van der Waals surface area contributed by atoms with Crippen molar-refractivity contribution in [3.8, 4) is 11.5 Å². The number of para-hydroxylation sites is 1. The molecule has 0 aliphatic heterocycles. The third-order valence-electron chi connectivity index (χ3n) is 3.06. The monoisotopic (exact) mass is 263 g/mol. The molecule has 0 saturated heterocycles. The smallest absolute Gasteiger partial charge is 0.159 e. The highest BCUT2D eigenvalue weighted by Gasteiger charge is 2.02. The summed E-state index contributed by atoms with van der Waals surface area (Å²) in [5, 5.41) is 1.03. The average molecular weight is 263 g/mol. The predicted octanol–water partition coefficient (Wildman–Crippen LogP) is 4.23. The molecule has 0 aliphatic rings. The lowest BCUT2D eigenvalue weighted by Gasteiger charge is -2.06. The zero-order valence-electron chi connectivity index (χ0n) is 11.0. The summed E-state index contributed by atoms with van der Waals surface area (Å²) in [6.07, 6.45) is 1.70. The van der Waals surface area contributed by atoms with Crippen LogP contribution in [0.4, 0.5) is 0 Å². The number of rotatable bonds is 3. The molecule has 0 amide bonds. The minimum atomic E-state index is 0.0453. The van der Waals surface area contributed by atoms with Crippen LogP contribution < -0.4 is 4.74 Å². The second-order valence-corrected chi connectivity index (χ2v) is 4.55. The Hall–Kier alpha value is -2.68. The van der Waals surface area contributed by atoms with Crippen molar-refractivity contribution in [1.29, 1.82) is 0 Å². The number of nitrogens with zero attached hydrogens (tertiary/aromatic N) is 1. The first-order valence-electron chi connectivity index (χ1n) is 6.36. The Morgan fingerprint density at radius 1 is 1.00 bits per heavy atom. The van der Waals surface area contributed by atoms with Crippen molar-refractivity contribution < 1.29 is 9.53 Å². The maximum atomic E-state index is 11.2. The van der Waals surface area contributed by atoms with Gasteiger partial charge in [-0.25, -0.2) is 0 Å². The fourth-order valence-electron chi connectivity index (χ4n) is 2.00. The van der Waals surface area contributed by atoms with Crippen molar-refractivity contribution in [2.45, 2.75) is 6.92 Å². The molecule has 3 aromatic rings. The Morgan fingerprint density at radius 3 is 2.50 bits per heavy atom. The molecule has 3 heteroatoms. The molecule has 3 nitrogen and oxygen atoms in total. The summed E-state index contributed by atoms with van der Waals surface area (Å²) >= 11 is 0. The number of fused-ring (bicyclic) bond motifs is 1. The van der Waals surface area contributed by atoms with E-state index in [1.807, 2.05) is 30.3 Å². The van der Waals surface area contributed by atoms with E-state index in [1.165, 1.54) is 0 Å². The molecule has 0 bridgehead atoms. The van der Waals surface area contributed by atoms with Crippen molar-refractivity contribution in [2.24, 2.45) is 0 Å². The largest absolute Gasteiger partial charge is 0.456 e. The highest BCUT2D eigenvalue weighted by molar-refractivity contribution is 5.94. The van der Waals surface area contributed by atoms with Crippen molar-refractivity contribution in [2.75, 3.05) is 0 Å². The van der Waals surface area contributed by atoms with E-state index < -0.39 is 0 Å². The first-order chi connectivity index (χ1) is 9.72. The first kappa shape index (κ1) is 12.4. The molecule has 2 aromatic carbocycles. The zero-order chi connectivity index (χ0) is 13.9. The number of ketones is 1. The summed E-state index contributed by atoms with van der Waals surface area (Å²) in [4.78, 5) is 15.6. The highest BCUT2D eigenvalue weighted by Crippen LogP contribution is 2.24. The van der Waals surface area contributed by atoms with Gasteiger partial charge in [0.15, 0.2) is 5.78 Å². The molecular weight excluding hydrogens is 250 g/mol. The highest BCUT2D eigenvalue weighted by atomic mass is 16.5. The predicted molar refractivity (Wildman–Crippen MR) is 78.3 cm³/mol. The van der Waals surface area contributed by atoms with E-state index in [4.69, 9.17) is 4.74 Å². The van der Waals surface area contributed by atoms with E-state index in [9.17, 15) is 4.79 Å². The Balaban J connectivity index is 1.87. The number of carbonyl (C=O) groups is 1. The molecule has 1 heterocycles. The fourth-order valence-corrected chi connectivity index (χ4v) is 2.00. The summed E-state index contributed by atoms with van der Waals surface area (Å²) in [5.74, 6) is 1.41. The summed E-state index contributed by atoms with van der Waals surface area (Å²) in [7, 11) is 0. The first-order valence-corrected chi connectivity index (χ1v) is 6.36. The van der Waals surface area contributed by atoms with Gasteiger partial charge in [-0.15, -0.1) is 0 Å². The summed E-state index contributed by atoms with van der Waals surface area (Å²) in [6.45, 7) is 1.54. The summed E-state index contributed by atoms with van der Waals surface area (Å²) in [5.41, 5.74) is 1.61. The molecule has 0 spiro atoms. The number of aromatic nitrogens is 1. The van der Waals surface area contributed by atoms with Crippen LogP contribution in [0, 0.1) is 0 Å². The Morgan fingerprint density at radius 2 is 1.75 bits per heavy atom. The topological polar surface area (TPSA) is 39.2 Å². The minimum absolute atomic E-state index is 0.0453. The van der Waals surface area contributed by atoms with Gasteiger partial charge in [0.1, 0.15) is 11.5 Å². The van der Waals surface area contributed by atoms with Crippen molar-refractivity contribution >= 4 is 16.7 Å². The maximum absolute atomic E-state index is 11.2. The van der Waals surface area contributed by atoms with E-state index in [0.29, 0.717) is 17.1 Å². The maximum Gasteiger partial charge on any atom is 0.159 e. The number of ether oxygens (including phenoxy) is 1. The van der Waals surface area contributed by atoms with Crippen LogP contribution in [0.2, 0.25) is 0 Å². The van der Waals surface area contributed by atoms with E-state index >= 15 is 0 Å². The lowest BCUT2D eigenvalue weighted by molar-refractivity contribution is 0.101. The zero-order valence-corrected chi connectivity index (χ0v) is 11.0. The van der Waals surface area contributed by atoms with E-state index in [1.54, 1.807) is 37.4 Å². The van der Waals surface area contributed by atoms with Crippen molar-refractivity contribution in [3.63, 3.8) is 0 Å². The van der Waals surface area contributed by atoms with Gasteiger partial charge < -0.3 is 4.74 Å². The third kappa shape index (κ3) is 2.52. The van der Waals surface area contributed by atoms with Crippen LogP contribution in [0.1, 0.15) is 17.3 Å². The lowest BCUT2D eigenvalue weighted by atomic mass is 10.1. The normalized spacial score (nSPS) is 10.4. The van der Waals surface area contributed by atoms with Gasteiger partial charge in [0.2, 0.25) is 0 Å². The van der Waals surface area contributed by atoms with Crippen molar-refractivity contribution in [1.82, 2.24) is 4.98 Å². The molecular formula is C17H13NO2. The fraction of sp³-hybridized carbons (Fsp3) is 0.0588.